The van der Waals surface area contributed by atoms with Crippen LogP contribution in [0.25, 0.3) is 21.7 Å². The molecule has 0 aliphatic rings. The summed E-state index contributed by atoms with van der Waals surface area (Å²) >= 11 is 3.30. The van der Waals surface area contributed by atoms with E-state index in [4.69, 9.17) is 4.42 Å². The zero-order valence-electron chi connectivity index (χ0n) is 7.70. The van der Waals surface area contributed by atoms with Gasteiger partial charge in [-0.1, -0.05) is 6.07 Å². The maximum atomic E-state index is 9.37. The fraction of sp³-hybridized carbons (Fsp3) is 0. The topological polar surface area (TPSA) is 33.4 Å². The van der Waals surface area contributed by atoms with Gasteiger partial charge in [-0.15, -0.1) is 0 Å². The predicted octanol–water partition coefficient (Wildman–Crippen LogP) is 4.05. The normalized spacial score (nSPS) is 11.3. The Labute approximate surface area is 94.3 Å². The molecule has 0 aliphatic carbocycles. The minimum absolute atomic E-state index is 0.282. The molecular formula is C12H7BrO2. The van der Waals surface area contributed by atoms with Crippen LogP contribution in [0, 0.1) is 0 Å². The van der Waals surface area contributed by atoms with Crippen molar-refractivity contribution in [2.75, 3.05) is 0 Å². The second kappa shape index (κ2) is 3.00. The highest BCUT2D eigenvalue weighted by atomic mass is 79.9. The molecule has 2 nitrogen and oxygen atoms in total. The molecule has 0 spiro atoms. The van der Waals surface area contributed by atoms with Crippen LogP contribution in [-0.2, 0) is 0 Å². The molecule has 3 rings (SSSR count). The van der Waals surface area contributed by atoms with Gasteiger partial charge in [0.2, 0.25) is 0 Å². The first-order chi connectivity index (χ1) is 7.22. The van der Waals surface area contributed by atoms with Gasteiger partial charge in [-0.2, -0.15) is 0 Å². The van der Waals surface area contributed by atoms with Crippen LogP contribution >= 0.6 is 15.9 Å². The van der Waals surface area contributed by atoms with E-state index in [-0.39, 0.29) is 5.75 Å². The molecule has 1 aromatic heterocycles. The first-order valence-electron chi connectivity index (χ1n) is 4.54. The van der Waals surface area contributed by atoms with Crippen LogP contribution in [0.2, 0.25) is 0 Å². The van der Waals surface area contributed by atoms with Crippen molar-refractivity contribution >= 4 is 37.7 Å². The monoisotopic (exact) mass is 262 g/mol. The van der Waals surface area contributed by atoms with Gasteiger partial charge < -0.3 is 9.52 Å². The Bertz CT molecular complexity index is 655. The fourth-order valence-corrected chi connectivity index (χ4v) is 2.16. The van der Waals surface area contributed by atoms with Crippen LogP contribution < -0.4 is 0 Å². The van der Waals surface area contributed by atoms with Crippen molar-refractivity contribution in [1.82, 2.24) is 0 Å². The van der Waals surface area contributed by atoms with Gasteiger partial charge in [0.25, 0.3) is 0 Å². The molecule has 1 N–H and O–H groups in total. The third-order valence-electron chi connectivity index (χ3n) is 2.43. The zero-order valence-corrected chi connectivity index (χ0v) is 9.28. The molecule has 0 unspecified atom stereocenters. The minimum Gasteiger partial charge on any atom is -0.508 e. The summed E-state index contributed by atoms with van der Waals surface area (Å²) in [5, 5.41) is 12.5. The Kier molecular flexibility index (Phi) is 1.76. The number of halogens is 1. The third-order valence-corrected chi connectivity index (χ3v) is 2.82. The second-order valence-electron chi connectivity index (χ2n) is 3.47. The van der Waals surface area contributed by atoms with Crippen LogP contribution in [0.4, 0.5) is 0 Å². The number of fused-ring (bicyclic) bond motifs is 2. The molecular weight excluding hydrogens is 256 g/mol. The lowest BCUT2D eigenvalue weighted by atomic mass is 10.1. The van der Waals surface area contributed by atoms with Crippen LogP contribution in [0.5, 0.6) is 5.75 Å². The number of phenolic OH excluding ortho intramolecular Hbond substituents is 1. The molecule has 3 heteroatoms. The Morgan fingerprint density at radius 1 is 0.933 bits per heavy atom. The fourth-order valence-electron chi connectivity index (χ4n) is 1.74. The summed E-state index contributed by atoms with van der Waals surface area (Å²) in [6.07, 6.45) is 0. The summed E-state index contributed by atoms with van der Waals surface area (Å²) in [4.78, 5) is 0. The smallest absolute Gasteiger partial charge is 0.170 e. The molecule has 0 fully saturated rings. The number of hydrogen-bond donors (Lipinski definition) is 1. The summed E-state index contributed by atoms with van der Waals surface area (Å²) < 4.78 is 6.18. The lowest BCUT2D eigenvalue weighted by Crippen LogP contribution is -1.72. The largest absolute Gasteiger partial charge is 0.508 e. The molecule has 0 amide bonds. The lowest BCUT2D eigenvalue weighted by molar-refractivity contribution is 0.476. The summed E-state index contributed by atoms with van der Waals surface area (Å²) in [6.45, 7) is 0. The average Bonchev–Trinajstić information content (AvgIpc) is 2.53. The van der Waals surface area contributed by atoms with E-state index in [9.17, 15) is 5.11 Å². The number of aromatic hydroxyl groups is 1. The Balaban J connectivity index is 2.46. The van der Waals surface area contributed by atoms with E-state index in [1.807, 2.05) is 24.3 Å². The van der Waals surface area contributed by atoms with E-state index in [0.29, 0.717) is 0 Å². The van der Waals surface area contributed by atoms with Crippen LogP contribution in [0.1, 0.15) is 0 Å². The summed E-state index contributed by atoms with van der Waals surface area (Å²) in [7, 11) is 0. The van der Waals surface area contributed by atoms with Gasteiger partial charge in [-0.05, 0) is 57.0 Å². The van der Waals surface area contributed by atoms with E-state index >= 15 is 0 Å². The molecule has 74 valence electrons. The van der Waals surface area contributed by atoms with E-state index in [1.165, 1.54) is 0 Å². The number of benzene rings is 2. The second-order valence-corrected chi connectivity index (χ2v) is 4.25. The molecule has 0 bridgehead atoms. The molecule has 2 aromatic carbocycles. The van der Waals surface area contributed by atoms with Crippen molar-refractivity contribution in [3.63, 3.8) is 0 Å². The SMILES string of the molecule is Oc1ccc2cc3oc(Br)cc3cc2c1. The Morgan fingerprint density at radius 3 is 2.67 bits per heavy atom. The average molecular weight is 263 g/mol. The molecule has 0 saturated carbocycles. The highest BCUT2D eigenvalue weighted by molar-refractivity contribution is 9.10. The number of phenols is 1. The van der Waals surface area contributed by atoms with Crippen LogP contribution in [0.15, 0.2) is 45.5 Å². The van der Waals surface area contributed by atoms with Gasteiger partial charge in [0, 0.05) is 5.39 Å². The predicted molar refractivity (Wildman–Crippen MR) is 63.1 cm³/mol. The van der Waals surface area contributed by atoms with Crippen molar-refractivity contribution in [3.8, 4) is 5.75 Å². The number of rotatable bonds is 0. The first-order valence-corrected chi connectivity index (χ1v) is 5.33. The Morgan fingerprint density at radius 2 is 1.80 bits per heavy atom. The van der Waals surface area contributed by atoms with E-state index in [0.717, 1.165) is 26.4 Å². The van der Waals surface area contributed by atoms with E-state index in [1.54, 1.807) is 12.1 Å². The standard InChI is InChI=1S/C12H7BrO2/c13-12-6-9-3-8-4-10(14)2-1-7(8)5-11(9)15-12/h1-6,14H. The number of furan rings is 1. The summed E-state index contributed by atoms with van der Waals surface area (Å²) in [5.41, 5.74) is 0.847. The molecule has 3 aromatic rings. The zero-order chi connectivity index (χ0) is 10.4. The molecule has 0 saturated heterocycles. The highest BCUT2D eigenvalue weighted by Gasteiger charge is 2.03. The third kappa shape index (κ3) is 1.39. The maximum Gasteiger partial charge on any atom is 0.170 e. The molecule has 1 heterocycles. The van der Waals surface area contributed by atoms with E-state index in [2.05, 4.69) is 15.9 Å². The molecule has 0 aliphatic heterocycles. The molecule has 0 radical (unpaired) electrons. The van der Waals surface area contributed by atoms with Gasteiger partial charge in [-0.3, -0.25) is 0 Å². The van der Waals surface area contributed by atoms with Gasteiger partial charge in [-0.25, -0.2) is 0 Å². The van der Waals surface area contributed by atoms with Gasteiger partial charge in [0.05, 0.1) is 0 Å². The summed E-state index contributed by atoms with van der Waals surface area (Å²) in [5.74, 6) is 0.282. The van der Waals surface area contributed by atoms with Crippen molar-refractivity contribution in [2.24, 2.45) is 0 Å². The summed E-state index contributed by atoms with van der Waals surface area (Å²) in [6, 6.07) is 11.2. The van der Waals surface area contributed by atoms with Gasteiger partial charge in [0.15, 0.2) is 4.67 Å². The quantitative estimate of drug-likeness (QED) is 0.663. The highest BCUT2D eigenvalue weighted by Crippen LogP contribution is 2.29. The van der Waals surface area contributed by atoms with Crippen molar-refractivity contribution in [1.29, 1.82) is 0 Å². The van der Waals surface area contributed by atoms with Gasteiger partial charge in [0.1, 0.15) is 11.3 Å². The Hall–Kier alpha value is -1.48. The van der Waals surface area contributed by atoms with Crippen LogP contribution in [0.3, 0.4) is 0 Å². The van der Waals surface area contributed by atoms with Crippen molar-refractivity contribution in [3.05, 3.63) is 41.1 Å². The lowest BCUT2D eigenvalue weighted by Gasteiger charge is -1.98. The minimum atomic E-state index is 0.282. The molecule has 15 heavy (non-hydrogen) atoms. The maximum absolute atomic E-state index is 9.37. The van der Waals surface area contributed by atoms with Gasteiger partial charge >= 0.3 is 0 Å². The first kappa shape index (κ1) is 8.80. The van der Waals surface area contributed by atoms with Crippen molar-refractivity contribution in [2.45, 2.75) is 0 Å². The van der Waals surface area contributed by atoms with Crippen molar-refractivity contribution < 1.29 is 9.52 Å². The van der Waals surface area contributed by atoms with Crippen LogP contribution in [-0.4, -0.2) is 5.11 Å². The molecule has 0 atom stereocenters. The number of hydrogen-bond acceptors (Lipinski definition) is 2. The van der Waals surface area contributed by atoms with E-state index < -0.39 is 0 Å².